The lowest BCUT2D eigenvalue weighted by molar-refractivity contribution is 0.444. The number of nitrogens with zero attached hydrogens (tertiary/aromatic N) is 1. The summed E-state index contributed by atoms with van der Waals surface area (Å²) in [6.07, 6.45) is 11.4. The van der Waals surface area contributed by atoms with Crippen LogP contribution in [0.1, 0.15) is 89.8 Å². The van der Waals surface area contributed by atoms with E-state index in [-0.39, 0.29) is 0 Å². The highest BCUT2D eigenvalue weighted by molar-refractivity contribution is 6.06. The van der Waals surface area contributed by atoms with Crippen LogP contribution in [0.3, 0.4) is 0 Å². The lowest BCUT2D eigenvalue weighted by Crippen LogP contribution is -2.26. The zero-order chi connectivity index (χ0) is 38.2. The first-order chi connectivity index (χ1) is 28.8. The number of anilines is 3. The Labute approximate surface area is 342 Å². The fourth-order valence-corrected chi connectivity index (χ4v) is 11.8. The smallest absolute Gasteiger partial charge is 0.0726 e. The van der Waals surface area contributed by atoms with E-state index in [1.54, 1.807) is 5.56 Å². The number of hydrogen-bond donors (Lipinski definition) is 0. The van der Waals surface area contributed by atoms with Crippen molar-refractivity contribution in [2.45, 2.75) is 69.1 Å². The SMILES string of the molecule is c1ccc2c(c1)-c1ccccc1C21c2cc(N(c3ccc(-c4cccc5c4CCCC5)cc3)c3ccccc3C3CCCCC3)ccc2-c2c1ccc1ccccc21. The molecule has 8 aromatic rings. The molecule has 0 amide bonds. The van der Waals surface area contributed by atoms with E-state index in [0.29, 0.717) is 5.92 Å². The van der Waals surface area contributed by atoms with Crippen LogP contribution in [0, 0.1) is 0 Å². The number of para-hydroxylation sites is 1. The first-order valence-electron chi connectivity index (χ1n) is 21.8. The molecule has 0 bridgehead atoms. The summed E-state index contributed by atoms with van der Waals surface area (Å²) in [5.41, 5.74) is 21.5. The van der Waals surface area contributed by atoms with Crippen molar-refractivity contribution >= 4 is 27.8 Å². The van der Waals surface area contributed by atoms with Gasteiger partial charge in [0.2, 0.25) is 0 Å². The van der Waals surface area contributed by atoms with Crippen molar-refractivity contribution in [3.05, 3.63) is 209 Å². The lowest BCUT2D eigenvalue weighted by atomic mass is 9.70. The van der Waals surface area contributed by atoms with Gasteiger partial charge in [-0.1, -0.05) is 159 Å². The van der Waals surface area contributed by atoms with Crippen molar-refractivity contribution in [2.75, 3.05) is 4.90 Å². The first-order valence-corrected chi connectivity index (χ1v) is 21.8. The molecule has 0 aliphatic heterocycles. The van der Waals surface area contributed by atoms with Crippen LogP contribution in [0.2, 0.25) is 0 Å². The molecule has 4 aliphatic carbocycles. The second-order valence-corrected chi connectivity index (χ2v) is 17.2. The van der Waals surface area contributed by atoms with Crippen LogP contribution in [-0.2, 0) is 18.3 Å². The van der Waals surface area contributed by atoms with Gasteiger partial charge in [-0.15, -0.1) is 0 Å². The monoisotopic (exact) mass is 745 g/mol. The van der Waals surface area contributed by atoms with Crippen molar-refractivity contribution in [1.82, 2.24) is 0 Å². The van der Waals surface area contributed by atoms with E-state index in [1.165, 1.54) is 152 Å². The Morgan fingerprint density at radius 3 is 1.97 bits per heavy atom. The third-order valence-corrected chi connectivity index (χ3v) is 14.3. The summed E-state index contributed by atoms with van der Waals surface area (Å²) in [4.78, 5) is 2.59. The minimum atomic E-state index is -0.428. The van der Waals surface area contributed by atoms with E-state index in [4.69, 9.17) is 0 Å². The van der Waals surface area contributed by atoms with Crippen LogP contribution < -0.4 is 4.90 Å². The predicted molar refractivity (Wildman–Crippen MR) is 243 cm³/mol. The van der Waals surface area contributed by atoms with Crippen LogP contribution in [0.5, 0.6) is 0 Å². The number of aryl methyl sites for hydroxylation is 1. The molecule has 0 N–H and O–H groups in total. The molecule has 58 heavy (non-hydrogen) atoms. The summed E-state index contributed by atoms with van der Waals surface area (Å²) in [6.45, 7) is 0. The van der Waals surface area contributed by atoms with E-state index >= 15 is 0 Å². The van der Waals surface area contributed by atoms with Crippen molar-refractivity contribution in [3.8, 4) is 33.4 Å². The Bertz CT molecular complexity index is 2840. The molecule has 1 nitrogen and oxygen atoms in total. The Balaban J connectivity index is 1.10. The highest BCUT2D eigenvalue weighted by Crippen LogP contribution is 2.64. The normalized spacial score (nSPS) is 16.1. The standard InChI is InChI=1S/C57H47N/c1-2-15-39(16-3-1)46-21-10-13-28-55(46)58(42-32-29-41(30-33-42)45-25-14-19-38-17-4-6-20-44(38)45)43-34-35-50-54(37-43)57(53-36-31-40-18-5-7-22-47(40)56(50)53)51-26-11-8-23-48(51)49-24-9-12-27-52(49)57/h5,7-14,18-19,21-37,39H,1-4,6,15-17,20H2. The number of hydrogen-bond acceptors (Lipinski definition) is 1. The molecule has 8 aromatic carbocycles. The van der Waals surface area contributed by atoms with E-state index in [2.05, 4.69) is 175 Å². The third kappa shape index (κ3) is 4.95. The number of fused-ring (bicyclic) bond motifs is 13. The van der Waals surface area contributed by atoms with E-state index in [9.17, 15) is 0 Å². The fraction of sp³-hybridized carbons (Fsp3) is 0.193. The maximum Gasteiger partial charge on any atom is 0.0726 e. The zero-order valence-corrected chi connectivity index (χ0v) is 33.1. The van der Waals surface area contributed by atoms with Gasteiger partial charge in [-0.3, -0.25) is 0 Å². The Hall–Kier alpha value is -6.18. The summed E-state index contributed by atoms with van der Waals surface area (Å²) in [5, 5.41) is 2.61. The molecule has 0 aromatic heterocycles. The molecule has 12 rings (SSSR count). The van der Waals surface area contributed by atoms with Gasteiger partial charge in [-0.05, 0) is 158 Å². The lowest BCUT2D eigenvalue weighted by Gasteiger charge is -2.34. The van der Waals surface area contributed by atoms with Gasteiger partial charge in [0.15, 0.2) is 0 Å². The number of rotatable bonds is 5. The van der Waals surface area contributed by atoms with Gasteiger partial charge in [-0.2, -0.15) is 0 Å². The van der Waals surface area contributed by atoms with Crippen molar-refractivity contribution in [1.29, 1.82) is 0 Å². The third-order valence-electron chi connectivity index (χ3n) is 14.3. The summed E-state index contributed by atoms with van der Waals surface area (Å²) in [5.74, 6) is 0.563. The van der Waals surface area contributed by atoms with Crippen LogP contribution in [0.25, 0.3) is 44.2 Å². The quantitative estimate of drug-likeness (QED) is 0.170. The molecule has 0 atom stereocenters. The van der Waals surface area contributed by atoms with Crippen molar-refractivity contribution in [2.24, 2.45) is 0 Å². The van der Waals surface area contributed by atoms with Crippen LogP contribution in [0.15, 0.2) is 170 Å². The second kappa shape index (κ2) is 13.5. The van der Waals surface area contributed by atoms with Gasteiger partial charge in [-0.25, -0.2) is 0 Å². The summed E-state index contributed by atoms with van der Waals surface area (Å²) in [6, 6.07) is 65.4. The number of benzene rings is 8. The molecular weight excluding hydrogens is 699 g/mol. The van der Waals surface area contributed by atoms with Crippen molar-refractivity contribution in [3.63, 3.8) is 0 Å². The molecule has 1 saturated carbocycles. The first kappa shape index (κ1) is 33.9. The average Bonchev–Trinajstić information content (AvgIpc) is 3.77. The molecule has 0 radical (unpaired) electrons. The molecule has 1 fully saturated rings. The molecule has 1 spiro atoms. The minimum absolute atomic E-state index is 0.428. The Morgan fingerprint density at radius 1 is 0.448 bits per heavy atom. The van der Waals surface area contributed by atoms with Crippen LogP contribution >= 0.6 is 0 Å². The highest BCUT2D eigenvalue weighted by Gasteiger charge is 2.52. The molecule has 280 valence electrons. The summed E-state index contributed by atoms with van der Waals surface area (Å²) < 4.78 is 0. The Kier molecular flexibility index (Phi) is 7.87. The molecule has 0 heterocycles. The van der Waals surface area contributed by atoms with E-state index in [0.717, 1.165) is 0 Å². The average molecular weight is 746 g/mol. The topological polar surface area (TPSA) is 3.24 Å². The fourth-order valence-electron chi connectivity index (χ4n) is 11.8. The van der Waals surface area contributed by atoms with E-state index in [1.807, 2.05) is 0 Å². The maximum absolute atomic E-state index is 2.59. The minimum Gasteiger partial charge on any atom is -0.310 e. The zero-order valence-electron chi connectivity index (χ0n) is 33.1. The van der Waals surface area contributed by atoms with Gasteiger partial charge in [0, 0.05) is 17.1 Å². The van der Waals surface area contributed by atoms with Crippen LogP contribution in [0.4, 0.5) is 17.1 Å². The molecule has 1 heteroatoms. The second-order valence-electron chi connectivity index (χ2n) is 17.2. The van der Waals surface area contributed by atoms with Crippen molar-refractivity contribution < 1.29 is 0 Å². The summed E-state index contributed by atoms with van der Waals surface area (Å²) in [7, 11) is 0. The predicted octanol–water partition coefficient (Wildman–Crippen LogP) is 15.2. The molecule has 0 unspecified atom stereocenters. The van der Waals surface area contributed by atoms with E-state index < -0.39 is 5.41 Å². The van der Waals surface area contributed by atoms with Gasteiger partial charge in [0.25, 0.3) is 0 Å². The van der Waals surface area contributed by atoms with Gasteiger partial charge < -0.3 is 4.90 Å². The van der Waals surface area contributed by atoms with Gasteiger partial charge in [0.1, 0.15) is 0 Å². The van der Waals surface area contributed by atoms with Gasteiger partial charge in [0.05, 0.1) is 5.41 Å². The summed E-state index contributed by atoms with van der Waals surface area (Å²) >= 11 is 0. The van der Waals surface area contributed by atoms with Gasteiger partial charge >= 0.3 is 0 Å². The molecule has 0 saturated heterocycles. The largest absolute Gasteiger partial charge is 0.310 e. The molecular formula is C57H47N. The van der Waals surface area contributed by atoms with Crippen LogP contribution in [-0.4, -0.2) is 0 Å². The highest BCUT2D eigenvalue weighted by atomic mass is 15.1. The molecule has 4 aliphatic rings. The maximum atomic E-state index is 2.59. The Morgan fingerprint density at radius 2 is 1.14 bits per heavy atom.